The van der Waals surface area contributed by atoms with Crippen LogP contribution in [-0.4, -0.2) is 56.0 Å². The van der Waals surface area contributed by atoms with Crippen molar-refractivity contribution in [2.75, 3.05) is 31.1 Å². The highest BCUT2D eigenvalue weighted by atomic mass is 16.5. The highest BCUT2D eigenvalue weighted by Gasteiger charge is 2.20. The molecule has 1 saturated heterocycles. The molecule has 4 heterocycles. The van der Waals surface area contributed by atoms with Crippen molar-refractivity contribution in [3.8, 4) is 5.82 Å². The number of aryl methyl sites for hydroxylation is 1. The van der Waals surface area contributed by atoms with Gasteiger partial charge in [0.05, 0.1) is 6.20 Å². The molecule has 0 unspecified atom stereocenters. The number of aromatic nitrogens is 5. The standard InChI is InChI=1S/C16H19N7O/c1-13-14(10-20-24-13)11-21-5-7-22(8-6-21)15-9-16(18-12-17-15)23-4-2-3-19-23/h2-4,9-10,12H,5-8,11H2,1H3. The van der Waals surface area contributed by atoms with Gasteiger partial charge >= 0.3 is 0 Å². The van der Waals surface area contributed by atoms with Crippen LogP contribution in [0.15, 0.2) is 41.6 Å². The number of nitrogens with zero attached hydrogens (tertiary/aromatic N) is 7. The van der Waals surface area contributed by atoms with Gasteiger partial charge in [-0.3, -0.25) is 4.90 Å². The monoisotopic (exact) mass is 325 g/mol. The molecule has 3 aromatic heterocycles. The average molecular weight is 325 g/mol. The summed E-state index contributed by atoms with van der Waals surface area (Å²) in [4.78, 5) is 13.4. The van der Waals surface area contributed by atoms with Crippen LogP contribution in [0, 0.1) is 6.92 Å². The summed E-state index contributed by atoms with van der Waals surface area (Å²) in [7, 11) is 0. The van der Waals surface area contributed by atoms with Crippen LogP contribution in [0.25, 0.3) is 5.82 Å². The normalized spacial score (nSPS) is 15.8. The Hall–Kier alpha value is -2.74. The molecule has 0 aliphatic carbocycles. The Morgan fingerprint density at radius 1 is 1.12 bits per heavy atom. The lowest BCUT2D eigenvalue weighted by atomic mass is 10.2. The van der Waals surface area contributed by atoms with E-state index in [2.05, 4.69) is 30.0 Å². The van der Waals surface area contributed by atoms with E-state index in [1.165, 1.54) is 0 Å². The molecule has 0 radical (unpaired) electrons. The summed E-state index contributed by atoms with van der Waals surface area (Å²) in [5.41, 5.74) is 1.16. The Morgan fingerprint density at radius 3 is 2.67 bits per heavy atom. The maximum Gasteiger partial charge on any atom is 0.158 e. The largest absolute Gasteiger partial charge is 0.361 e. The molecule has 0 atom stereocenters. The predicted octanol–water partition coefficient (Wildman–Crippen LogP) is 1.28. The van der Waals surface area contributed by atoms with Crippen LogP contribution >= 0.6 is 0 Å². The summed E-state index contributed by atoms with van der Waals surface area (Å²) in [5, 5.41) is 8.07. The lowest BCUT2D eigenvalue weighted by molar-refractivity contribution is 0.247. The third kappa shape index (κ3) is 3.00. The Morgan fingerprint density at radius 2 is 1.96 bits per heavy atom. The molecule has 124 valence electrons. The molecule has 24 heavy (non-hydrogen) atoms. The molecule has 8 heteroatoms. The molecule has 1 aliphatic rings. The first kappa shape index (κ1) is 14.8. The van der Waals surface area contributed by atoms with Gasteiger partial charge in [0.25, 0.3) is 0 Å². The van der Waals surface area contributed by atoms with Crippen molar-refractivity contribution in [1.29, 1.82) is 0 Å². The van der Waals surface area contributed by atoms with E-state index in [1.54, 1.807) is 17.2 Å². The maximum absolute atomic E-state index is 5.13. The van der Waals surface area contributed by atoms with E-state index in [1.807, 2.05) is 31.5 Å². The van der Waals surface area contributed by atoms with Gasteiger partial charge in [-0.2, -0.15) is 5.10 Å². The first-order chi connectivity index (χ1) is 11.8. The number of hydrogen-bond acceptors (Lipinski definition) is 7. The Bertz CT molecular complexity index is 790. The number of anilines is 1. The minimum atomic E-state index is 0.785. The smallest absolute Gasteiger partial charge is 0.158 e. The number of hydrogen-bond donors (Lipinski definition) is 0. The molecule has 0 aromatic carbocycles. The highest BCUT2D eigenvalue weighted by molar-refractivity contribution is 5.43. The van der Waals surface area contributed by atoms with E-state index in [-0.39, 0.29) is 0 Å². The lowest BCUT2D eigenvalue weighted by Gasteiger charge is -2.35. The van der Waals surface area contributed by atoms with Gasteiger partial charge in [0.1, 0.15) is 17.9 Å². The molecule has 0 N–H and O–H groups in total. The van der Waals surface area contributed by atoms with Crippen LogP contribution in [0.4, 0.5) is 5.82 Å². The zero-order chi connectivity index (χ0) is 16.4. The first-order valence-electron chi connectivity index (χ1n) is 7.99. The second-order valence-corrected chi connectivity index (χ2v) is 5.86. The van der Waals surface area contributed by atoms with E-state index in [9.17, 15) is 0 Å². The summed E-state index contributed by atoms with van der Waals surface area (Å²) >= 11 is 0. The fourth-order valence-corrected chi connectivity index (χ4v) is 2.89. The highest BCUT2D eigenvalue weighted by Crippen LogP contribution is 2.17. The van der Waals surface area contributed by atoms with Gasteiger partial charge in [-0.1, -0.05) is 5.16 Å². The molecule has 0 spiro atoms. The van der Waals surface area contributed by atoms with Crippen LogP contribution in [-0.2, 0) is 6.54 Å². The zero-order valence-electron chi connectivity index (χ0n) is 13.5. The first-order valence-corrected chi connectivity index (χ1v) is 7.99. The molecule has 0 amide bonds. The van der Waals surface area contributed by atoms with E-state index < -0.39 is 0 Å². The van der Waals surface area contributed by atoms with E-state index in [0.717, 1.165) is 55.7 Å². The molecule has 1 fully saturated rings. The van der Waals surface area contributed by atoms with Crippen LogP contribution < -0.4 is 4.90 Å². The van der Waals surface area contributed by atoms with Gasteiger partial charge in [-0.15, -0.1) is 0 Å². The van der Waals surface area contributed by atoms with E-state index in [0.29, 0.717) is 0 Å². The van der Waals surface area contributed by atoms with Crippen molar-refractivity contribution in [3.05, 3.63) is 48.4 Å². The summed E-state index contributed by atoms with van der Waals surface area (Å²) in [5.74, 6) is 2.63. The third-order valence-electron chi connectivity index (χ3n) is 4.32. The van der Waals surface area contributed by atoms with Crippen molar-refractivity contribution >= 4 is 5.82 Å². The molecular weight excluding hydrogens is 306 g/mol. The Balaban J connectivity index is 1.41. The molecular formula is C16H19N7O. The van der Waals surface area contributed by atoms with Crippen LogP contribution in [0.2, 0.25) is 0 Å². The van der Waals surface area contributed by atoms with Gasteiger partial charge in [0.2, 0.25) is 0 Å². The average Bonchev–Trinajstić information content (AvgIpc) is 3.28. The van der Waals surface area contributed by atoms with Crippen molar-refractivity contribution in [2.24, 2.45) is 0 Å². The van der Waals surface area contributed by atoms with Gasteiger partial charge in [0.15, 0.2) is 5.82 Å². The fraction of sp³-hybridized carbons (Fsp3) is 0.375. The van der Waals surface area contributed by atoms with Gasteiger partial charge in [-0.25, -0.2) is 14.6 Å². The van der Waals surface area contributed by atoms with Crippen molar-refractivity contribution in [2.45, 2.75) is 13.5 Å². The summed E-state index contributed by atoms with van der Waals surface area (Å²) < 4.78 is 6.88. The van der Waals surface area contributed by atoms with Gasteiger partial charge in [-0.05, 0) is 13.0 Å². The molecule has 0 saturated carbocycles. The molecule has 1 aliphatic heterocycles. The summed E-state index contributed by atoms with van der Waals surface area (Å²) in [6.07, 6.45) is 7.03. The zero-order valence-corrected chi connectivity index (χ0v) is 13.5. The molecule has 8 nitrogen and oxygen atoms in total. The number of rotatable bonds is 4. The SMILES string of the molecule is Cc1oncc1CN1CCN(c2cc(-n3cccn3)ncn2)CC1. The van der Waals surface area contributed by atoms with Gasteiger partial charge in [0, 0.05) is 56.7 Å². The third-order valence-corrected chi connectivity index (χ3v) is 4.32. The Kier molecular flexibility index (Phi) is 3.96. The van der Waals surface area contributed by atoms with Crippen LogP contribution in [0.5, 0.6) is 0 Å². The minimum absolute atomic E-state index is 0.785. The van der Waals surface area contributed by atoms with Crippen LogP contribution in [0.3, 0.4) is 0 Å². The maximum atomic E-state index is 5.13. The Labute approximate surface area is 139 Å². The van der Waals surface area contributed by atoms with Crippen molar-refractivity contribution in [1.82, 2.24) is 29.8 Å². The fourth-order valence-electron chi connectivity index (χ4n) is 2.89. The van der Waals surface area contributed by atoms with E-state index in [4.69, 9.17) is 4.52 Å². The summed E-state index contributed by atoms with van der Waals surface area (Å²) in [6, 6.07) is 3.86. The second-order valence-electron chi connectivity index (χ2n) is 5.86. The molecule has 4 rings (SSSR count). The van der Waals surface area contributed by atoms with E-state index >= 15 is 0 Å². The molecule has 3 aromatic rings. The second kappa shape index (κ2) is 6.40. The number of piperazine rings is 1. The lowest BCUT2D eigenvalue weighted by Crippen LogP contribution is -2.46. The topological polar surface area (TPSA) is 76.1 Å². The minimum Gasteiger partial charge on any atom is -0.361 e. The van der Waals surface area contributed by atoms with Crippen LogP contribution in [0.1, 0.15) is 11.3 Å². The van der Waals surface area contributed by atoms with Crippen molar-refractivity contribution < 1.29 is 4.52 Å². The predicted molar refractivity (Wildman–Crippen MR) is 87.9 cm³/mol. The van der Waals surface area contributed by atoms with Gasteiger partial charge < -0.3 is 9.42 Å². The quantitative estimate of drug-likeness (QED) is 0.715. The molecule has 0 bridgehead atoms. The van der Waals surface area contributed by atoms with Crippen molar-refractivity contribution in [3.63, 3.8) is 0 Å². The summed E-state index contributed by atoms with van der Waals surface area (Å²) in [6.45, 7) is 6.65.